The summed E-state index contributed by atoms with van der Waals surface area (Å²) in [5.74, 6) is 0.490. The van der Waals surface area contributed by atoms with E-state index in [1.165, 1.54) is 12.1 Å². The number of fused-ring (bicyclic) bond motifs is 1. The molecule has 1 N–H and O–H groups in total. The number of halogens is 2. The first-order chi connectivity index (χ1) is 10.7. The van der Waals surface area contributed by atoms with Crippen molar-refractivity contribution in [1.82, 2.24) is 14.9 Å². The molecule has 0 fully saturated rings. The number of aryl methyl sites for hydroxylation is 2. The number of imidazole rings is 1. The highest BCUT2D eigenvalue weighted by Gasteiger charge is 2.16. The van der Waals surface area contributed by atoms with Crippen LogP contribution in [0.2, 0.25) is 0 Å². The lowest BCUT2D eigenvalue weighted by Gasteiger charge is -2.19. The van der Waals surface area contributed by atoms with Crippen LogP contribution in [0, 0.1) is 12.7 Å². The Kier molecular flexibility index (Phi) is 5.29. The maximum atomic E-state index is 13.4. The molecule has 0 unspecified atom stereocenters. The number of nitrogens with zero attached hydrogens (tertiary/aromatic N) is 2. The minimum absolute atomic E-state index is 0.319. The van der Waals surface area contributed by atoms with E-state index in [-0.39, 0.29) is 5.82 Å². The van der Waals surface area contributed by atoms with Gasteiger partial charge in [-0.05, 0) is 56.1 Å². The number of benzene rings is 1. The molecule has 0 atom stereocenters. The van der Waals surface area contributed by atoms with Crippen molar-refractivity contribution in [1.29, 1.82) is 0 Å². The Morgan fingerprint density at radius 2 is 2.13 bits per heavy atom. The van der Waals surface area contributed by atoms with Crippen LogP contribution < -0.4 is 5.32 Å². The van der Waals surface area contributed by atoms with E-state index in [0.29, 0.717) is 23.1 Å². The number of amides is 1. The molecule has 0 aliphatic carbocycles. The predicted molar refractivity (Wildman–Crippen MR) is 91.0 cm³/mol. The van der Waals surface area contributed by atoms with Gasteiger partial charge in [-0.1, -0.05) is 0 Å². The fraction of sp³-hybridized carbons (Fsp3) is 0.500. The first-order valence-electron chi connectivity index (χ1n) is 7.46. The summed E-state index contributed by atoms with van der Waals surface area (Å²) >= 11 is 3.39. The van der Waals surface area contributed by atoms with Crippen LogP contribution >= 0.6 is 15.9 Å². The van der Waals surface area contributed by atoms with Gasteiger partial charge in [-0.2, -0.15) is 0 Å². The molecule has 0 bridgehead atoms. The van der Waals surface area contributed by atoms with E-state index >= 15 is 0 Å². The zero-order chi connectivity index (χ0) is 17.2. The van der Waals surface area contributed by atoms with Gasteiger partial charge in [0.2, 0.25) is 0 Å². The number of nitrogens with one attached hydrogen (secondary N) is 1. The van der Waals surface area contributed by atoms with Crippen molar-refractivity contribution in [3.05, 3.63) is 28.2 Å². The van der Waals surface area contributed by atoms with Gasteiger partial charge < -0.3 is 14.6 Å². The zero-order valence-corrected chi connectivity index (χ0v) is 15.3. The number of aromatic nitrogens is 2. The van der Waals surface area contributed by atoms with Crippen molar-refractivity contribution in [2.24, 2.45) is 0 Å². The topological polar surface area (TPSA) is 56.2 Å². The molecule has 0 saturated carbocycles. The van der Waals surface area contributed by atoms with Gasteiger partial charge in [-0.25, -0.2) is 14.2 Å². The SMILES string of the molecule is Cc1nc2cc(F)cc(Br)c2n1CCCNC(=O)OC(C)(C)C. The highest BCUT2D eigenvalue weighted by molar-refractivity contribution is 9.10. The molecule has 7 heteroatoms. The Labute approximate surface area is 143 Å². The quantitative estimate of drug-likeness (QED) is 0.803. The Hall–Kier alpha value is -1.63. The van der Waals surface area contributed by atoms with Gasteiger partial charge in [-0.15, -0.1) is 0 Å². The lowest BCUT2D eigenvalue weighted by atomic mass is 10.2. The lowest BCUT2D eigenvalue weighted by molar-refractivity contribution is 0.0527. The van der Waals surface area contributed by atoms with E-state index in [1.807, 2.05) is 32.3 Å². The van der Waals surface area contributed by atoms with Crippen molar-refractivity contribution in [3.8, 4) is 0 Å². The second kappa shape index (κ2) is 6.86. The molecule has 0 aliphatic rings. The maximum absolute atomic E-state index is 13.4. The number of alkyl carbamates (subject to hydrolysis) is 1. The Morgan fingerprint density at radius 3 is 2.78 bits per heavy atom. The summed E-state index contributed by atoms with van der Waals surface area (Å²) in [5.41, 5.74) is 0.978. The van der Waals surface area contributed by atoms with Gasteiger partial charge in [0.25, 0.3) is 0 Å². The highest BCUT2D eigenvalue weighted by atomic mass is 79.9. The van der Waals surface area contributed by atoms with Gasteiger partial charge in [-0.3, -0.25) is 0 Å². The van der Waals surface area contributed by atoms with Gasteiger partial charge in [0, 0.05) is 23.6 Å². The maximum Gasteiger partial charge on any atom is 0.407 e. The minimum Gasteiger partial charge on any atom is -0.444 e. The lowest BCUT2D eigenvalue weighted by Crippen LogP contribution is -2.33. The Balaban J connectivity index is 1.98. The Bertz CT molecular complexity index is 722. The first kappa shape index (κ1) is 17.7. The molecule has 1 heterocycles. The summed E-state index contributed by atoms with van der Waals surface area (Å²) in [5, 5.41) is 2.73. The van der Waals surface area contributed by atoms with Crippen molar-refractivity contribution in [2.45, 2.75) is 46.3 Å². The summed E-state index contributed by atoms with van der Waals surface area (Å²) in [6, 6.07) is 2.85. The summed E-state index contributed by atoms with van der Waals surface area (Å²) in [6.07, 6.45) is 0.294. The summed E-state index contributed by atoms with van der Waals surface area (Å²) in [7, 11) is 0. The standard InChI is InChI=1S/C16H21BrFN3O2/c1-10-20-13-9-11(18)8-12(17)14(13)21(10)7-5-6-19-15(22)23-16(2,3)4/h8-9H,5-7H2,1-4H3,(H,19,22). The van der Waals surface area contributed by atoms with E-state index in [2.05, 4.69) is 26.2 Å². The Morgan fingerprint density at radius 1 is 1.43 bits per heavy atom. The van der Waals surface area contributed by atoms with E-state index in [9.17, 15) is 9.18 Å². The zero-order valence-electron chi connectivity index (χ0n) is 13.7. The molecule has 5 nitrogen and oxygen atoms in total. The molecule has 0 aliphatic heterocycles. The fourth-order valence-corrected chi connectivity index (χ4v) is 2.95. The van der Waals surface area contributed by atoms with Crippen LogP contribution in [0.3, 0.4) is 0 Å². The molecule has 126 valence electrons. The molecular formula is C16H21BrFN3O2. The van der Waals surface area contributed by atoms with Crippen LogP contribution in [0.4, 0.5) is 9.18 Å². The molecular weight excluding hydrogens is 365 g/mol. The van der Waals surface area contributed by atoms with Crippen LogP contribution in [0.1, 0.15) is 33.0 Å². The van der Waals surface area contributed by atoms with Gasteiger partial charge in [0.1, 0.15) is 17.2 Å². The van der Waals surface area contributed by atoms with E-state index < -0.39 is 11.7 Å². The smallest absolute Gasteiger partial charge is 0.407 e. The second-order valence-corrected chi connectivity index (χ2v) is 7.20. The number of rotatable bonds is 4. The first-order valence-corrected chi connectivity index (χ1v) is 8.25. The second-order valence-electron chi connectivity index (χ2n) is 6.35. The molecule has 1 aromatic heterocycles. The predicted octanol–water partition coefficient (Wildman–Crippen LogP) is 4.16. The minimum atomic E-state index is -0.504. The van der Waals surface area contributed by atoms with Crippen molar-refractivity contribution < 1.29 is 13.9 Å². The number of hydrogen-bond donors (Lipinski definition) is 1. The number of carbonyl (C=O) groups excluding carboxylic acids is 1. The monoisotopic (exact) mass is 385 g/mol. The van der Waals surface area contributed by atoms with Crippen LogP contribution in [0.5, 0.6) is 0 Å². The fourth-order valence-electron chi connectivity index (χ4n) is 2.32. The van der Waals surface area contributed by atoms with E-state index in [1.54, 1.807) is 0 Å². The number of carbonyl (C=O) groups is 1. The van der Waals surface area contributed by atoms with Crippen molar-refractivity contribution in [3.63, 3.8) is 0 Å². The van der Waals surface area contributed by atoms with Crippen molar-refractivity contribution in [2.75, 3.05) is 6.54 Å². The normalized spacial score (nSPS) is 11.7. The van der Waals surface area contributed by atoms with Crippen LogP contribution in [0.15, 0.2) is 16.6 Å². The van der Waals surface area contributed by atoms with Gasteiger partial charge >= 0.3 is 6.09 Å². The molecule has 0 spiro atoms. The van der Waals surface area contributed by atoms with E-state index in [0.717, 1.165) is 17.8 Å². The highest BCUT2D eigenvalue weighted by Crippen LogP contribution is 2.26. The van der Waals surface area contributed by atoms with Crippen LogP contribution in [-0.4, -0.2) is 27.8 Å². The molecule has 2 rings (SSSR count). The van der Waals surface area contributed by atoms with Crippen LogP contribution in [-0.2, 0) is 11.3 Å². The number of ether oxygens (including phenoxy) is 1. The third-order valence-corrected chi connectivity index (χ3v) is 3.78. The summed E-state index contributed by atoms with van der Waals surface area (Å²) in [4.78, 5) is 16.0. The largest absolute Gasteiger partial charge is 0.444 e. The van der Waals surface area contributed by atoms with Gasteiger partial charge in [0.15, 0.2) is 0 Å². The van der Waals surface area contributed by atoms with Crippen LogP contribution in [0.25, 0.3) is 11.0 Å². The summed E-state index contributed by atoms with van der Waals surface area (Å²) in [6.45, 7) is 8.51. The third kappa shape index (κ3) is 4.67. The molecule has 23 heavy (non-hydrogen) atoms. The average Bonchev–Trinajstić information content (AvgIpc) is 2.68. The molecule has 1 aromatic carbocycles. The molecule has 2 aromatic rings. The molecule has 0 saturated heterocycles. The molecule has 0 radical (unpaired) electrons. The third-order valence-electron chi connectivity index (χ3n) is 3.18. The average molecular weight is 386 g/mol. The number of hydrogen-bond acceptors (Lipinski definition) is 3. The van der Waals surface area contributed by atoms with Gasteiger partial charge in [0.05, 0.1) is 11.0 Å². The van der Waals surface area contributed by atoms with Crippen molar-refractivity contribution >= 4 is 33.1 Å². The van der Waals surface area contributed by atoms with E-state index in [4.69, 9.17) is 4.74 Å². The molecule has 1 amide bonds. The summed E-state index contributed by atoms with van der Waals surface area (Å²) < 4.78 is 21.3.